The molecule has 2 aromatic rings. The van der Waals surface area contributed by atoms with Crippen LogP contribution in [-0.4, -0.2) is 24.7 Å². The summed E-state index contributed by atoms with van der Waals surface area (Å²) in [6, 6.07) is 1.83. The van der Waals surface area contributed by atoms with Crippen LogP contribution in [0.3, 0.4) is 0 Å². The molecule has 0 aliphatic heterocycles. The van der Waals surface area contributed by atoms with E-state index < -0.39 is 0 Å². The highest BCUT2D eigenvalue weighted by Crippen LogP contribution is 2.08. The van der Waals surface area contributed by atoms with Crippen molar-refractivity contribution in [3.05, 3.63) is 23.9 Å². The molecule has 0 spiro atoms. The van der Waals surface area contributed by atoms with Gasteiger partial charge in [0, 0.05) is 18.8 Å². The van der Waals surface area contributed by atoms with E-state index in [4.69, 9.17) is 5.73 Å². The fraction of sp³-hybridized carbons (Fsp3) is 0.333. The van der Waals surface area contributed by atoms with E-state index >= 15 is 0 Å². The van der Waals surface area contributed by atoms with Crippen molar-refractivity contribution in [2.45, 2.75) is 13.5 Å². The Balaban J connectivity index is 2.07. The molecule has 0 atom stereocenters. The molecule has 0 unspecified atom stereocenters. The minimum Gasteiger partial charge on any atom is -0.368 e. The van der Waals surface area contributed by atoms with Crippen LogP contribution in [0.2, 0.25) is 0 Å². The second kappa shape index (κ2) is 4.13. The lowest BCUT2D eigenvalue weighted by molar-refractivity contribution is 0.809. The third-order valence-corrected chi connectivity index (χ3v) is 2.10. The van der Waals surface area contributed by atoms with Gasteiger partial charge in [0.15, 0.2) is 5.82 Å². The van der Waals surface area contributed by atoms with Crippen molar-refractivity contribution >= 4 is 11.8 Å². The first kappa shape index (κ1) is 10.3. The second-order valence-electron chi connectivity index (χ2n) is 3.46. The van der Waals surface area contributed by atoms with Gasteiger partial charge in [-0.3, -0.25) is 0 Å². The fourth-order valence-corrected chi connectivity index (χ4v) is 1.32. The topological polar surface area (TPSA) is 94.5 Å². The molecular weight excluding hydrogens is 206 g/mol. The monoisotopic (exact) mass is 219 g/mol. The van der Waals surface area contributed by atoms with Gasteiger partial charge in [-0.1, -0.05) is 0 Å². The number of aryl methyl sites for hydroxylation is 2. The Labute approximate surface area is 92.7 Å². The average Bonchev–Trinajstić information content (AvgIpc) is 2.59. The zero-order chi connectivity index (χ0) is 11.5. The van der Waals surface area contributed by atoms with Gasteiger partial charge in [-0.05, 0) is 6.92 Å². The summed E-state index contributed by atoms with van der Waals surface area (Å²) < 4.78 is 1.84. The lowest BCUT2D eigenvalue weighted by atomic mass is 10.4. The zero-order valence-corrected chi connectivity index (χ0v) is 9.18. The van der Waals surface area contributed by atoms with Crippen LogP contribution in [0.5, 0.6) is 0 Å². The maximum Gasteiger partial charge on any atom is 0.222 e. The van der Waals surface area contributed by atoms with Gasteiger partial charge in [-0.2, -0.15) is 4.98 Å². The van der Waals surface area contributed by atoms with Crippen molar-refractivity contribution in [1.82, 2.24) is 24.7 Å². The summed E-state index contributed by atoms with van der Waals surface area (Å²) in [5.41, 5.74) is 6.37. The van der Waals surface area contributed by atoms with Crippen molar-refractivity contribution in [3.8, 4) is 0 Å². The predicted molar refractivity (Wildman–Crippen MR) is 59.5 cm³/mol. The van der Waals surface area contributed by atoms with Crippen molar-refractivity contribution < 1.29 is 0 Å². The molecule has 7 heteroatoms. The van der Waals surface area contributed by atoms with Crippen LogP contribution in [0.15, 0.2) is 12.4 Å². The predicted octanol–water partition coefficient (Wildman–Crippen LogP) is 0.108. The fourth-order valence-electron chi connectivity index (χ4n) is 1.32. The molecule has 0 radical (unpaired) electrons. The van der Waals surface area contributed by atoms with Crippen molar-refractivity contribution in [2.24, 2.45) is 7.05 Å². The van der Waals surface area contributed by atoms with Crippen LogP contribution in [0.4, 0.5) is 11.8 Å². The first-order valence-corrected chi connectivity index (χ1v) is 4.83. The van der Waals surface area contributed by atoms with Crippen LogP contribution in [0.1, 0.15) is 11.5 Å². The number of nitrogens with zero attached hydrogens (tertiary/aromatic N) is 5. The number of aromatic nitrogens is 5. The molecule has 2 rings (SSSR count). The zero-order valence-electron chi connectivity index (χ0n) is 9.18. The summed E-state index contributed by atoms with van der Waals surface area (Å²) >= 11 is 0. The normalized spacial score (nSPS) is 10.4. The molecule has 3 N–H and O–H groups in total. The molecule has 7 nitrogen and oxygen atoms in total. The molecule has 0 aliphatic rings. The summed E-state index contributed by atoms with van der Waals surface area (Å²) in [6.07, 6.45) is 1.65. The van der Waals surface area contributed by atoms with Crippen LogP contribution >= 0.6 is 0 Å². The highest BCUT2D eigenvalue weighted by molar-refractivity contribution is 5.40. The van der Waals surface area contributed by atoms with Gasteiger partial charge in [0.25, 0.3) is 0 Å². The molecular formula is C9H13N7. The van der Waals surface area contributed by atoms with Crippen molar-refractivity contribution in [1.29, 1.82) is 0 Å². The summed E-state index contributed by atoms with van der Waals surface area (Å²) in [5.74, 6) is 1.78. The SMILES string of the molecule is Cc1cc(NCc2nncn2C)nc(N)n1. The molecule has 0 amide bonds. The van der Waals surface area contributed by atoms with E-state index in [-0.39, 0.29) is 5.95 Å². The second-order valence-corrected chi connectivity index (χ2v) is 3.46. The molecule has 0 bridgehead atoms. The lowest BCUT2D eigenvalue weighted by Gasteiger charge is -2.06. The van der Waals surface area contributed by atoms with E-state index in [1.165, 1.54) is 0 Å². The quantitative estimate of drug-likeness (QED) is 0.760. The lowest BCUT2D eigenvalue weighted by Crippen LogP contribution is -2.08. The highest BCUT2D eigenvalue weighted by Gasteiger charge is 2.02. The van der Waals surface area contributed by atoms with Crippen molar-refractivity contribution in [3.63, 3.8) is 0 Å². The summed E-state index contributed by atoms with van der Waals surface area (Å²) in [7, 11) is 1.89. The molecule has 0 aliphatic carbocycles. The first-order valence-electron chi connectivity index (χ1n) is 4.83. The Morgan fingerprint density at radius 3 is 2.88 bits per heavy atom. The van der Waals surface area contributed by atoms with Crippen LogP contribution in [-0.2, 0) is 13.6 Å². The molecule has 2 heterocycles. The van der Waals surface area contributed by atoms with Gasteiger partial charge in [0.2, 0.25) is 5.95 Å². The standard InChI is InChI=1S/C9H13N7/c1-6-3-7(14-9(10)13-6)11-4-8-15-12-5-16(8)2/h3,5H,4H2,1-2H3,(H3,10,11,13,14). The van der Waals surface area contributed by atoms with Gasteiger partial charge < -0.3 is 15.6 Å². The van der Waals surface area contributed by atoms with Gasteiger partial charge in [0.05, 0.1) is 6.54 Å². The van der Waals surface area contributed by atoms with Crippen LogP contribution in [0, 0.1) is 6.92 Å². The van der Waals surface area contributed by atoms with Crippen LogP contribution in [0.25, 0.3) is 0 Å². The maximum absolute atomic E-state index is 5.54. The number of hydrogen-bond donors (Lipinski definition) is 2. The van der Waals surface area contributed by atoms with E-state index in [9.17, 15) is 0 Å². The first-order chi connectivity index (χ1) is 7.65. The van der Waals surface area contributed by atoms with Gasteiger partial charge in [-0.25, -0.2) is 4.98 Å². The summed E-state index contributed by atoms with van der Waals surface area (Å²) in [4.78, 5) is 8.05. The average molecular weight is 219 g/mol. The Morgan fingerprint density at radius 2 is 2.25 bits per heavy atom. The molecule has 16 heavy (non-hydrogen) atoms. The summed E-state index contributed by atoms with van der Waals surface area (Å²) in [5, 5.41) is 10.9. The minimum absolute atomic E-state index is 0.264. The van der Waals surface area contributed by atoms with E-state index in [2.05, 4.69) is 25.5 Å². The Kier molecular flexibility index (Phi) is 2.67. The Hall–Kier alpha value is -2.18. The number of nitrogens with one attached hydrogen (secondary N) is 1. The van der Waals surface area contributed by atoms with E-state index in [0.29, 0.717) is 12.4 Å². The molecule has 0 saturated heterocycles. The third kappa shape index (κ3) is 2.25. The van der Waals surface area contributed by atoms with Gasteiger partial charge in [-0.15, -0.1) is 10.2 Å². The molecule has 0 aromatic carbocycles. The molecule has 0 saturated carbocycles. The van der Waals surface area contributed by atoms with E-state index in [1.807, 2.05) is 24.6 Å². The van der Waals surface area contributed by atoms with Crippen molar-refractivity contribution in [2.75, 3.05) is 11.1 Å². The molecule has 84 valence electrons. The Morgan fingerprint density at radius 1 is 1.44 bits per heavy atom. The van der Waals surface area contributed by atoms with Gasteiger partial charge in [0.1, 0.15) is 12.1 Å². The molecule has 0 fully saturated rings. The number of nitrogens with two attached hydrogens (primary N) is 1. The Bertz CT molecular complexity index is 470. The number of anilines is 2. The van der Waals surface area contributed by atoms with E-state index in [0.717, 1.165) is 11.5 Å². The number of rotatable bonds is 3. The highest BCUT2D eigenvalue weighted by atomic mass is 15.3. The van der Waals surface area contributed by atoms with E-state index in [1.54, 1.807) is 6.33 Å². The van der Waals surface area contributed by atoms with Gasteiger partial charge >= 0.3 is 0 Å². The summed E-state index contributed by atoms with van der Waals surface area (Å²) in [6.45, 7) is 2.41. The largest absolute Gasteiger partial charge is 0.368 e. The third-order valence-electron chi connectivity index (χ3n) is 2.10. The van der Waals surface area contributed by atoms with Crippen LogP contribution < -0.4 is 11.1 Å². The number of nitrogen functional groups attached to an aromatic ring is 1. The number of hydrogen-bond acceptors (Lipinski definition) is 6. The minimum atomic E-state index is 0.264. The maximum atomic E-state index is 5.54. The molecule has 2 aromatic heterocycles. The smallest absolute Gasteiger partial charge is 0.222 e.